The molecule has 0 amide bonds. The molecule has 4 heteroatoms. The van der Waals surface area contributed by atoms with E-state index in [-0.39, 0.29) is 6.04 Å². The number of rotatable bonds is 6. The average molecular weight is 295 g/mol. The minimum atomic E-state index is 0.150. The molecule has 1 fully saturated rings. The summed E-state index contributed by atoms with van der Waals surface area (Å²) < 4.78 is 0. The highest BCUT2D eigenvalue weighted by atomic mass is 32.1. The molecule has 114 valence electrons. The molecule has 1 heterocycles. The molecule has 2 rings (SSSR count). The first kappa shape index (κ1) is 16.0. The maximum Gasteiger partial charge on any atom is 0.0589 e. The van der Waals surface area contributed by atoms with Crippen LogP contribution in [0.4, 0.5) is 0 Å². The van der Waals surface area contributed by atoms with Gasteiger partial charge in [0.05, 0.1) is 6.04 Å². The normalized spacial score (nSPS) is 21.0. The van der Waals surface area contributed by atoms with Gasteiger partial charge >= 0.3 is 0 Å². The van der Waals surface area contributed by atoms with Gasteiger partial charge in [0.1, 0.15) is 0 Å². The Kier molecular flexibility index (Phi) is 4.90. The zero-order chi connectivity index (χ0) is 14.9. The first-order valence-corrected chi connectivity index (χ1v) is 8.37. The van der Waals surface area contributed by atoms with E-state index < -0.39 is 0 Å². The Labute approximate surface area is 127 Å². The third-order valence-electron chi connectivity index (χ3n) is 4.80. The minimum absolute atomic E-state index is 0.150. The van der Waals surface area contributed by atoms with E-state index in [0.29, 0.717) is 11.6 Å². The van der Waals surface area contributed by atoms with E-state index in [1.54, 1.807) is 0 Å². The molecule has 0 aromatic carbocycles. The zero-order valence-corrected chi connectivity index (χ0v) is 14.3. The highest BCUT2D eigenvalue weighted by Gasteiger charge is 2.41. The van der Waals surface area contributed by atoms with Gasteiger partial charge in [-0.2, -0.15) is 0 Å². The van der Waals surface area contributed by atoms with Gasteiger partial charge in [0.2, 0.25) is 0 Å². The summed E-state index contributed by atoms with van der Waals surface area (Å²) in [6.07, 6.45) is 3.96. The predicted molar refractivity (Wildman–Crippen MR) is 88.3 cm³/mol. The largest absolute Gasteiger partial charge is 0.326 e. The van der Waals surface area contributed by atoms with Gasteiger partial charge in [0.25, 0.3) is 0 Å². The lowest BCUT2D eigenvalue weighted by Crippen LogP contribution is -2.57. The number of aryl methyl sites for hydroxylation is 1. The molecule has 3 nitrogen and oxygen atoms in total. The molecule has 0 radical (unpaired) electrons. The van der Waals surface area contributed by atoms with Crippen molar-refractivity contribution in [3.05, 3.63) is 21.9 Å². The van der Waals surface area contributed by atoms with Crippen LogP contribution in [-0.2, 0) is 0 Å². The minimum Gasteiger partial charge on any atom is -0.326 e. The lowest BCUT2D eigenvalue weighted by atomic mass is 9.75. The summed E-state index contributed by atoms with van der Waals surface area (Å²) in [5.41, 5.74) is 6.64. The number of nitrogens with two attached hydrogens (primary N) is 1. The van der Waals surface area contributed by atoms with E-state index in [4.69, 9.17) is 5.73 Å². The van der Waals surface area contributed by atoms with Crippen molar-refractivity contribution in [2.45, 2.75) is 50.7 Å². The number of hydrogen-bond donors (Lipinski definition) is 1. The van der Waals surface area contributed by atoms with Crippen LogP contribution in [0.2, 0.25) is 0 Å². The van der Waals surface area contributed by atoms with Gasteiger partial charge in [-0.15, -0.1) is 11.3 Å². The number of nitrogens with zero attached hydrogens (tertiary/aromatic N) is 2. The van der Waals surface area contributed by atoms with Crippen LogP contribution >= 0.6 is 11.3 Å². The quantitative estimate of drug-likeness (QED) is 0.876. The van der Waals surface area contributed by atoms with Crippen LogP contribution in [0.1, 0.15) is 42.0 Å². The van der Waals surface area contributed by atoms with Crippen LogP contribution in [0.15, 0.2) is 12.1 Å². The van der Waals surface area contributed by atoms with Gasteiger partial charge < -0.3 is 10.6 Å². The van der Waals surface area contributed by atoms with E-state index in [0.717, 1.165) is 6.54 Å². The monoisotopic (exact) mass is 295 g/mol. The molecule has 0 saturated heterocycles. The van der Waals surface area contributed by atoms with Crippen molar-refractivity contribution in [2.75, 3.05) is 27.7 Å². The topological polar surface area (TPSA) is 32.5 Å². The number of likely N-dealkylation sites (N-methyl/N-ethyl adjacent to an activating group) is 2. The standard InChI is InChI=1S/C16H29N3S/c1-12-7-8-14(20-12)15(13(2)17)19(5)11-16(18(3)4)9-6-10-16/h7-8,13,15H,6,9-11,17H2,1-5H3. The van der Waals surface area contributed by atoms with Crippen molar-refractivity contribution < 1.29 is 0 Å². The molecule has 1 aliphatic carbocycles. The van der Waals surface area contributed by atoms with Crippen LogP contribution in [0.25, 0.3) is 0 Å². The fourth-order valence-corrected chi connectivity index (χ4v) is 4.54. The number of thiophene rings is 1. The fourth-order valence-electron chi connectivity index (χ4n) is 3.38. The van der Waals surface area contributed by atoms with Crippen LogP contribution < -0.4 is 5.73 Å². The Morgan fingerprint density at radius 2 is 1.95 bits per heavy atom. The average Bonchev–Trinajstić information content (AvgIpc) is 2.69. The first-order valence-electron chi connectivity index (χ1n) is 7.55. The van der Waals surface area contributed by atoms with Gasteiger partial charge in [-0.05, 0) is 66.4 Å². The molecule has 1 aliphatic rings. The van der Waals surface area contributed by atoms with Crippen molar-refractivity contribution in [3.8, 4) is 0 Å². The molecular weight excluding hydrogens is 266 g/mol. The van der Waals surface area contributed by atoms with Gasteiger partial charge in [-0.25, -0.2) is 0 Å². The molecule has 1 saturated carbocycles. The molecule has 20 heavy (non-hydrogen) atoms. The Bertz CT molecular complexity index is 435. The summed E-state index contributed by atoms with van der Waals surface area (Å²) in [4.78, 5) is 7.64. The summed E-state index contributed by atoms with van der Waals surface area (Å²) >= 11 is 1.88. The second-order valence-corrected chi connectivity index (χ2v) is 7.96. The predicted octanol–water partition coefficient (Wildman–Crippen LogP) is 2.86. The van der Waals surface area contributed by atoms with E-state index in [1.165, 1.54) is 29.0 Å². The van der Waals surface area contributed by atoms with Crippen molar-refractivity contribution >= 4 is 11.3 Å². The Morgan fingerprint density at radius 1 is 1.30 bits per heavy atom. The van der Waals surface area contributed by atoms with E-state index in [1.807, 2.05) is 11.3 Å². The maximum absolute atomic E-state index is 6.28. The van der Waals surface area contributed by atoms with Crippen LogP contribution in [0, 0.1) is 6.92 Å². The smallest absolute Gasteiger partial charge is 0.0589 e. The summed E-state index contributed by atoms with van der Waals surface area (Å²) in [6, 6.07) is 4.92. The molecule has 2 unspecified atom stereocenters. The van der Waals surface area contributed by atoms with Crippen LogP contribution in [0.5, 0.6) is 0 Å². The van der Waals surface area contributed by atoms with Gasteiger partial charge in [0, 0.05) is 27.9 Å². The maximum atomic E-state index is 6.28. The molecular formula is C16H29N3S. The molecule has 0 spiro atoms. The first-order chi connectivity index (χ1) is 9.35. The van der Waals surface area contributed by atoms with Crippen LogP contribution in [0.3, 0.4) is 0 Å². The highest BCUT2D eigenvalue weighted by Crippen LogP contribution is 2.39. The summed E-state index contributed by atoms with van der Waals surface area (Å²) in [6.45, 7) is 5.39. The lowest BCUT2D eigenvalue weighted by molar-refractivity contribution is 0.0135. The molecule has 0 aliphatic heterocycles. The fraction of sp³-hybridized carbons (Fsp3) is 0.750. The summed E-state index contributed by atoms with van der Waals surface area (Å²) in [7, 11) is 6.65. The molecule has 1 aromatic heterocycles. The van der Waals surface area contributed by atoms with Crippen molar-refractivity contribution in [1.82, 2.24) is 9.80 Å². The zero-order valence-electron chi connectivity index (χ0n) is 13.5. The van der Waals surface area contributed by atoms with Crippen LogP contribution in [-0.4, -0.2) is 49.1 Å². The van der Waals surface area contributed by atoms with Gasteiger partial charge in [-0.1, -0.05) is 0 Å². The van der Waals surface area contributed by atoms with Crippen molar-refractivity contribution in [3.63, 3.8) is 0 Å². The molecule has 2 N–H and O–H groups in total. The SMILES string of the molecule is Cc1ccc(C(C(C)N)N(C)CC2(N(C)C)CCC2)s1. The Hall–Kier alpha value is -0.420. The molecule has 2 atom stereocenters. The molecule has 0 bridgehead atoms. The van der Waals surface area contributed by atoms with E-state index >= 15 is 0 Å². The summed E-state index contributed by atoms with van der Waals surface area (Å²) in [5.74, 6) is 0. The van der Waals surface area contributed by atoms with Gasteiger partial charge in [0.15, 0.2) is 0 Å². The lowest BCUT2D eigenvalue weighted by Gasteiger charge is -2.50. The van der Waals surface area contributed by atoms with Crippen molar-refractivity contribution in [1.29, 1.82) is 0 Å². The highest BCUT2D eigenvalue weighted by molar-refractivity contribution is 7.12. The Balaban J connectivity index is 2.13. The van der Waals surface area contributed by atoms with E-state index in [9.17, 15) is 0 Å². The van der Waals surface area contributed by atoms with E-state index in [2.05, 4.69) is 56.9 Å². The third-order valence-corrected chi connectivity index (χ3v) is 5.87. The van der Waals surface area contributed by atoms with Gasteiger partial charge in [-0.3, -0.25) is 4.90 Å². The number of hydrogen-bond acceptors (Lipinski definition) is 4. The van der Waals surface area contributed by atoms with Crippen molar-refractivity contribution in [2.24, 2.45) is 5.73 Å². The second-order valence-electron chi connectivity index (χ2n) is 6.64. The second kappa shape index (κ2) is 6.14. The Morgan fingerprint density at radius 3 is 2.30 bits per heavy atom. The molecule has 1 aromatic rings. The summed E-state index contributed by atoms with van der Waals surface area (Å²) in [5, 5.41) is 0. The third kappa shape index (κ3) is 3.08.